The summed E-state index contributed by atoms with van der Waals surface area (Å²) >= 11 is 3.29. The van der Waals surface area contributed by atoms with Crippen LogP contribution in [-0.4, -0.2) is 78.7 Å². The highest BCUT2D eigenvalue weighted by Crippen LogP contribution is 2.29. The minimum absolute atomic E-state index is 0.0466. The van der Waals surface area contributed by atoms with E-state index in [1.165, 1.54) is 0 Å². The van der Waals surface area contributed by atoms with Crippen LogP contribution >= 0.6 is 15.9 Å². The molecule has 2 heterocycles. The van der Waals surface area contributed by atoms with E-state index in [0.29, 0.717) is 12.2 Å². The zero-order valence-electron chi connectivity index (χ0n) is 16.5. The molecule has 0 radical (unpaired) electrons. The first kappa shape index (κ1) is 22.2. The Balaban J connectivity index is 1.58. The molecule has 0 bridgehead atoms. The molecule has 1 aliphatic carbocycles. The molecule has 29 heavy (non-hydrogen) atoms. The van der Waals surface area contributed by atoms with Gasteiger partial charge in [0.2, 0.25) is 11.8 Å². The number of nitrogens with zero attached hydrogens (tertiary/aromatic N) is 3. The van der Waals surface area contributed by atoms with Crippen molar-refractivity contribution in [3.05, 3.63) is 22.8 Å². The van der Waals surface area contributed by atoms with E-state index in [1.54, 1.807) is 30.3 Å². The lowest BCUT2D eigenvalue weighted by Gasteiger charge is -2.35. The van der Waals surface area contributed by atoms with Crippen molar-refractivity contribution in [1.29, 1.82) is 0 Å². The number of nitrogens with one attached hydrogen (secondary N) is 1. The van der Waals surface area contributed by atoms with Crippen LogP contribution in [0.25, 0.3) is 0 Å². The summed E-state index contributed by atoms with van der Waals surface area (Å²) < 4.78 is 24.7. The van der Waals surface area contributed by atoms with Crippen molar-refractivity contribution in [2.75, 3.05) is 37.0 Å². The van der Waals surface area contributed by atoms with E-state index in [0.717, 1.165) is 30.2 Å². The summed E-state index contributed by atoms with van der Waals surface area (Å²) in [6, 6.07) is 3.33. The SMILES string of the molecule is CN(CC(=O)Nc1ccc(Br)cn1)CC(=O)N(C1CCCC1)C1CCS(=O)(=O)C1. The number of aromatic nitrogens is 1. The number of hydrogen-bond donors (Lipinski definition) is 1. The van der Waals surface area contributed by atoms with Crippen LogP contribution in [0.2, 0.25) is 0 Å². The van der Waals surface area contributed by atoms with Gasteiger partial charge in [-0.1, -0.05) is 12.8 Å². The quantitative estimate of drug-likeness (QED) is 0.628. The highest BCUT2D eigenvalue weighted by atomic mass is 79.9. The van der Waals surface area contributed by atoms with Gasteiger partial charge in [0.15, 0.2) is 9.84 Å². The third-order valence-corrected chi connectivity index (χ3v) is 7.64. The second-order valence-corrected chi connectivity index (χ2v) is 11.0. The summed E-state index contributed by atoms with van der Waals surface area (Å²) in [4.78, 5) is 32.9. The van der Waals surface area contributed by atoms with Gasteiger partial charge in [0.05, 0.1) is 24.6 Å². The van der Waals surface area contributed by atoms with Crippen LogP contribution in [0.3, 0.4) is 0 Å². The number of hydrogen-bond acceptors (Lipinski definition) is 6. The van der Waals surface area contributed by atoms with Crippen molar-refractivity contribution in [2.45, 2.75) is 44.2 Å². The van der Waals surface area contributed by atoms with Crippen molar-refractivity contribution in [3.8, 4) is 0 Å². The molecule has 1 aliphatic heterocycles. The van der Waals surface area contributed by atoms with Gasteiger partial charge in [0.1, 0.15) is 5.82 Å². The van der Waals surface area contributed by atoms with E-state index < -0.39 is 9.84 Å². The maximum absolute atomic E-state index is 13.1. The van der Waals surface area contributed by atoms with E-state index >= 15 is 0 Å². The number of likely N-dealkylation sites (N-methyl/N-ethyl adjacent to an activating group) is 1. The molecule has 1 aromatic heterocycles. The van der Waals surface area contributed by atoms with Crippen molar-refractivity contribution < 1.29 is 18.0 Å². The zero-order chi connectivity index (χ0) is 21.0. The van der Waals surface area contributed by atoms with Gasteiger partial charge in [0, 0.05) is 22.8 Å². The maximum Gasteiger partial charge on any atom is 0.239 e. The molecule has 0 spiro atoms. The molecular weight excluding hydrogens is 460 g/mol. The molecule has 2 fully saturated rings. The predicted molar refractivity (Wildman–Crippen MR) is 114 cm³/mol. The number of carbonyl (C=O) groups excluding carboxylic acids is 2. The standard InChI is InChI=1S/C19H27BrN4O4S/c1-23(11-18(25)22-17-7-6-14(20)10-21-17)12-19(26)24(15-4-2-3-5-15)16-8-9-29(27,28)13-16/h6-7,10,15-16H,2-5,8-9,11-13H2,1H3,(H,21,22,25). The van der Waals surface area contributed by atoms with Gasteiger partial charge in [-0.05, 0) is 54.4 Å². The van der Waals surface area contributed by atoms with Crippen LogP contribution in [0, 0.1) is 0 Å². The lowest BCUT2D eigenvalue weighted by Crippen LogP contribution is -2.50. The molecule has 1 saturated carbocycles. The molecule has 1 N–H and O–H groups in total. The summed E-state index contributed by atoms with van der Waals surface area (Å²) in [7, 11) is -1.36. The van der Waals surface area contributed by atoms with Gasteiger partial charge in [-0.2, -0.15) is 0 Å². The Bertz CT molecular complexity index is 840. The van der Waals surface area contributed by atoms with Gasteiger partial charge in [0.25, 0.3) is 0 Å². The van der Waals surface area contributed by atoms with E-state index in [-0.39, 0.29) is 48.5 Å². The first-order valence-corrected chi connectivity index (χ1v) is 12.5. The van der Waals surface area contributed by atoms with Gasteiger partial charge >= 0.3 is 0 Å². The molecule has 0 aromatic carbocycles. The number of pyridine rings is 1. The zero-order valence-corrected chi connectivity index (χ0v) is 18.9. The summed E-state index contributed by atoms with van der Waals surface area (Å²) in [5.41, 5.74) is 0. The lowest BCUT2D eigenvalue weighted by atomic mass is 10.1. The van der Waals surface area contributed by atoms with Gasteiger partial charge in [-0.15, -0.1) is 0 Å². The second-order valence-electron chi connectivity index (χ2n) is 7.88. The van der Waals surface area contributed by atoms with E-state index in [9.17, 15) is 18.0 Å². The molecule has 1 saturated heterocycles. The van der Waals surface area contributed by atoms with Gasteiger partial charge in [-0.3, -0.25) is 14.5 Å². The van der Waals surface area contributed by atoms with Crippen LogP contribution < -0.4 is 5.32 Å². The maximum atomic E-state index is 13.1. The normalized spacial score (nSPS) is 21.4. The highest BCUT2D eigenvalue weighted by Gasteiger charge is 2.39. The topological polar surface area (TPSA) is 99.7 Å². The molecular formula is C19H27BrN4O4S. The third kappa shape index (κ3) is 6.23. The summed E-state index contributed by atoms with van der Waals surface area (Å²) in [5.74, 6) is 0.282. The summed E-state index contributed by atoms with van der Waals surface area (Å²) in [6.07, 6.45) is 6.06. The van der Waals surface area contributed by atoms with Crippen molar-refractivity contribution in [3.63, 3.8) is 0 Å². The summed E-state index contributed by atoms with van der Waals surface area (Å²) in [5, 5.41) is 2.71. The highest BCUT2D eigenvalue weighted by molar-refractivity contribution is 9.10. The first-order chi connectivity index (χ1) is 13.7. The molecule has 8 nitrogen and oxygen atoms in total. The number of sulfone groups is 1. The van der Waals surface area contributed by atoms with E-state index in [4.69, 9.17) is 0 Å². The molecule has 1 atom stereocenters. The number of halogens is 1. The smallest absolute Gasteiger partial charge is 0.239 e. The average molecular weight is 487 g/mol. The number of anilines is 1. The fourth-order valence-electron chi connectivity index (χ4n) is 4.13. The monoisotopic (exact) mass is 486 g/mol. The van der Waals surface area contributed by atoms with Gasteiger partial charge in [-0.25, -0.2) is 13.4 Å². The minimum Gasteiger partial charge on any atom is -0.335 e. The van der Waals surface area contributed by atoms with Crippen molar-refractivity contribution in [1.82, 2.24) is 14.8 Å². The van der Waals surface area contributed by atoms with Crippen LogP contribution in [0.15, 0.2) is 22.8 Å². The molecule has 3 rings (SSSR count). The fraction of sp³-hybridized carbons (Fsp3) is 0.632. The van der Waals surface area contributed by atoms with Crippen molar-refractivity contribution in [2.24, 2.45) is 0 Å². The molecule has 1 unspecified atom stereocenters. The Labute approximate surface area is 180 Å². The minimum atomic E-state index is -3.07. The van der Waals surface area contributed by atoms with Crippen LogP contribution in [0.4, 0.5) is 5.82 Å². The summed E-state index contributed by atoms with van der Waals surface area (Å²) in [6.45, 7) is 0.124. The second kappa shape index (κ2) is 9.53. The Morgan fingerprint density at radius 3 is 2.48 bits per heavy atom. The first-order valence-electron chi connectivity index (χ1n) is 9.85. The fourth-order valence-corrected chi connectivity index (χ4v) is 6.07. The Kier molecular flexibility index (Phi) is 7.28. The van der Waals surface area contributed by atoms with E-state index in [1.807, 2.05) is 4.90 Å². The average Bonchev–Trinajstić information content (AvgIpc) is 3.27. The Morgan fingerprint density at radius 1 is 1.17 bits per heavy atom. The van der Waals surface area contributed by atoms with Crippen LogP contribution in [0.5, 0.6) is 0 Å². The lowest BCUT2D eigenvalue weighted by molar-refractivity contribution is -0.136. The number of carbonyl (C=O) groups is 2. The van der Waals surface area contributed by atoms with Crippen LogP contribution in [0.1, 0.15) is 32.1 Å². The molecule has 10 heteroatoms. The Morgan fingerprint density at radius 2 is 1.90 bits per heavy atom. The molecule has 2 amide bonds. The van der Waals surface area contributed by atoms with Gasteiger partial charge < -0.3 is 10.2 Å². The van der Waals surface area contributed by atoms with Crippen LogP contribution in [-0.2, 0) is 19.4 Å². The van der Waals surface area contributed by atoms with Crippen molar-refractivity contribution >= 4 is 43.4 Å². The molecule has 160 valence electrons. The largest absolute Gasteiger partial charge is 0.335 e. The van der Waals surface area contributed by atoms with E-state index in [2.05, 4.69) is 26.2 Å². The number of amides is 2. The third-order valence-electron chi connectivity index (χ3n) is 5.42. The Hall–Kier alpha value is -1.52. The predicted octanol–water partition coefficient (Wildman–Crippen LogP) is 1.67. The molecule has 2 aliphatic rings. The number of rotatable bonds is 7. The molecule has 1 aromatic rings.